The lowest BCUT2D eigenvalue weighted by Gasteiger charge is -2.04. The maximum absolute atomic E-state index is 11.4. The summed E-state index contributed by atoms with van der Waals surface area (Å²) in [5.41, 5.74) is -0.142. The van der Waals surface area contributed by atoms with Gasteiger partial charge in [-0.15, -0.1) is 0 Å². The van der Waals surface area contributed by atoms with Crippen molar-refractivity contribution in [2.75, 3.05) is 12.0 Å². The van der Waals surface area contributed by atoms with Gasteiger partial charge in [-0.2, -0.15) is 0 Å². The largest absolute Gasteiger partial charge is 0.314 e. The summed E-state index contributed by atoms with van der Waals surface area (Å²) in [5.74, 6) is -0.00694. The Balaban J connectivity index is 2.89. The Morgan fingerprint density at radius 2 is 2.14 bits per heavy atom. The number of pyridine rings is 1. The minimum atomic E-state index is -3.01. The molecule has 0 N–H and O–H groups in total. The highest BCUT2D eigenvalue weighted by Gasteiger charge is 2.04. The standard InChI is InChI=1S/C8H10INO3S/c1-14(12,13)6-5-10-4-2-3-7(9)8(10)11/h2-4H,5-6H2,1H3. The molecule has 0 saturated heterocycles. The van der Waals surface area contributed by atoms with Crippen LogP contribution < -0.4 is 5.56 Å². The second-order valence-electron chi connectivity index (χ2n) is 2.98. The smallest absolute Gasteiger partial charge is 0.263 e. The van der Waals surface area contributed by atoms with Crippen molar-refractivity contribution in [3.8, 4) is 0 Å². The first-order valence-corrected chi connectivity index (χ1v) is 7.07. The summed E-state index contributed by atoms with van der Waals surface area (Å²) in [5, 5.41) is 0. The molecule has 0 aromatic carbocycles. The lowest BCUT2D eigenvalue weighted by molar-refractivity contribution is 0.592. The quantitative estimate of drug-likeness (QED) is 0.760. The fourth-order valence-electron chi connectivity index (χ4n) is 0.948. The molecule has 1 rings (SSSR count). The van der Waals surface area contributed by atoms with Crippen molar-refractivity contribution in [2.24, 2.45) is 0 Å². The molecule has 0 fully saturated rings. The number of hydrogen-bond acceptors (Lipinski definition) is 3. The Bertz CT molecular complexity index is 478. The molecule has 0 bridgehead atoms. The normalized spacial score (nSPS) is 11.6. The van der Waals surface area contributed by atoms with Crippen molar-refractivity contribution in [1.82, 2.24) is 4.57 Å². The highest BCUT2D eigenvalue weighted by atomic mass is 127. The maximum Gasteiger partial charge on any atom is 0.263 e. The molecule has 0 aliphatic carbocycles. The van der Waals surface area contributed by atoms with E-state index in [2.05, 4.69) is 0 Å². The van der Waals surface area contributed by atoms with Gasteiger partial charge in [-0.05, 0) is 34.7 Å². The third-order valence-corrected chi connectivity index (χ3v) is 3.42. The van der Waals surface area contributed by atoms with Crippen LogP contribution in [0.3, 0.4) is 0 Å². The molecule has 0 aliphatic rings. The number of sulfone groups is 1. The Morgan fingerprint density at radius 1 is 1.50 bits per heavy atom. The van der Waals surface area contributed by atoms with Crippen molar-refractivity contribution in [3.63, 3.8) is 0 Å². The minimum absolute atomic E-state index is 0.00694. The predicted octanol–water partition coefficient (Wildman–Crippen LogP) is 0.497. The van der Waals surface area contributed by atoms with Gasteiger partial charge in [0, 0.05) is 19.0 Å². The molecule has 0 unspecified atom stereocenters. The number of aryl methyl sites for hydroxylation is 1. The van der Waals surface area contributed by atoms with Crippen LogP contribution in [0, 0.1) is 3.57 Å². The number of halogens is 1. The zero-order chi connectivity index (χ0) is 10.8. The highest BCUT2D eigenvalue weighted by Crippen LogP contribution is 1.96. The maximum atomic E-state index is 11.4. The van der Waals surface area contributed by atoms with Crippen LogP contribution in [0.25, 0.3) is 0 Å². The van der Waals surface area contributed by atoms with E-state index in [0.717, 1.165) is 6.26 Å². The van der Waals surface area contributed by atoms with Gasteiger partial charge >= 0.3 is 0 Å². The Kier molecular flexibility index (Phi) is 3.71. The van der Waals surface area contributed by atoms with E-state index in [9.17, 15) is 13.2 Å². The second kappa shape index (κ2) is 4.43. The monoisotopic (exact) mass is 327 g/mol. The Hall–Kier alpha value is -0.370. The van der Waals surface area contributed by atoms with Gasteiger partial charge in [0.05, 0.1) is 9.32 Å². The molecule has 0 aliphatic heterocycles. The number of nitrogens with zero attached hydrogens (tertiary/aromatic N) is 1. The van der Waals surface area contributed by atoms with Gasteiger partial charge in [0.2, 0.25) is 0 Å². The van der Waals surface area contributed by atoms with Crippen molar-refractivity contribution < 1.29 is 8.42 Å². The van der Waals surface area contributed by atoms with Gasteiger partial charge in [0.1, 0.15) is 9.84 Å². The average molecular weight is 327 g/mol. The molecule has 78 valence electrons. The summed E-state index contributed by atoms with van der Waals surface area (Å²) >= 11 is 1.93. The van der Waals surface area contributed by atoms with Crippen LogP contribution in [-0.2, 0) is 16.4 Å². The first kappa shape index (κ1) is 11.7. The van der Waals surface area contributed by atoms with Crippen LogP contribution in [0.15, 0.2) is 23.1 Å². The van der Waals surface area contributed by atoms with E-state index >= 15 is 0 Å². The molecular weight excluding hydrogens is 317 g/mol. The van der Waals surface area contributed by atoms with E-state index in [4.69, 9.17) is 0 Å². The van der Waals surface area contributed by atoms with Crippen molar-refractivity contribution in [1.29, 1.82) is 0 Å². The van der Waals surface area contributed by atoms with Gasteiger partial charge in [-0.1, -0.05) is 0 Å². The Labute approximate surface area is 96.0 Å². The molecule has 1 aromatic rings. The van der Waals surface area contributed by atoms with Gasteiger partial charge in [0.25, 0.3) is 5.56 Å². The van der Waals surface area contributed by atoms with Gasteiger partial charge < -0.3 is 4.57 Å². The van der Waals surface area contributed by atoms with Crippen LogP contribution in [0.2, 0.25) is 0 Å². The minimum Gasteiger partial charge on any atom is -0.314 e. The van der Waals surface area contributed by atoms with Gasteiger partial charge in [-0.25, -0.2) is 8.42 Å². The summed E-state index contributed by atoms with van der Waals surface area (Å²) in [4.78, 5) is 11.4. The summed E-state index contributed by atoms with van der Waals surface area (Å²) < 4.78 is 23.8. The molecule has 0 atom stereocenters. The molecule has 1 heterocycles. The third-order valence-electron chi connectivity index (χ3n) is 1.68. The van der Waals surface area contributed by atoms with E-state index < -0.39 is 9.84 Å². The zero-order valence-corrected chi connectivity index (χ0v) is 10.6. The predicted molar refractivity (Wildman–Crippen MR) is 63.1 cm³/mol. The Morgan fingerprint density at radius 3 is 2.71 bits per heavy atom. The molecule has 1 aromatic heterocycles. The first-order valence-electron chi connectivity index (χ1n) is 3.93. The SMILES string of the molecule is CS(=O)(=O)CCn1cccc(I)c1=O. The second-order valence-corrected chi connectivity index (χ2v) is 6.41. The van der Waals surface area contributed by atoms with E-state index in [1.807, 2.05) is 22.6 Å². The molecule has 0 radical (unpaired) electrons. The van der Waals surface area contributed by atoms with Crippen LogP contribution in [0.1, 0.15) is 0 Å². The van der Waals surface area contributed by atoms with Crippen LogP contribution in [0.5, 0.6) is 0 Å². The van der Waals surface area contributed by atoms with E-state index in [1.54, 1.807) is 18.3 Å². The number of hydrogen-bond donors (Lipinski definition) is 0. The fourth-order valence-corrected chi connectivity index (χ4v) is 1.99. The molecule has 6 heteroatoms. The van der Waals surface area contributed by atoms with Crippen molar-refractivity contribution in [3.05, 3.63) is 32.3 Å². The summed E-state index contributed by atoms with van der Waals surface area (Å²) in [6, 6.07) is 3.42. The third kappa shape index (κ3) is 3.41. The van der Waals surface area contributed by atoms with Crippen molar-refractivity contribution in [2.45, 2.75) is 6.54 Å². The highest BCUT2D eigenvalue weighted by molar-refractivity contribution is 14.1. The molecule has 0 saturated carbocycles. The summed E-state index contributed by atoms with van der Waals surface area (Å²) in [6.45, 7) is 0.217. The number of rotatable bonds is 3. The first-order chi connectivity index (χ1) is 6.40. The zero-order valence-electron chi connectivity index (χ0n) is 7.60. The summed E-state index contributed by atoms with van der Waals surface area (Å²) in [7, 11) is -3.01. The van der Waals surface area contributed by atoms with E-state index in [-0.39, 0.29) is 17.9 Å². The topological polar surface area (TPSA) is 56.1 Å². The molecule has 0 amide bonds. The molecule has 14 heavy (non-hydrogen) atoms. The average Bonchev–Trinajstić information content (AvgIpc) is 2.06. The van der Waals surface area contributed by atoms with Gasteiger partial charge in [-0.3, -0.25) is 4.79 Å². The molecular formula is C8H10INO3S. The number of aromatic nitrogens is 1. The van der Waals surface area contributed by atoms with E-state index in [0.29, 0.717) is 3.57 Å². The van der Waals surface area contributed by atoms with Crippen LogP contribution in [0.4, 0.5) is 0 Å². The fraction of sp³-hybridized carbons (Fsp3) is 0.375. The lowest BCUT2D eigenvalue weighted by Crippen LogP contribution is -2.24. The lowest BCUT2D eigenvalue weighted by atomic mass is 10.5. The van der Waals surface area contributed by atoms with Crippen molar-refractivity contribution >= 4 is 32.4 Å². The molecule has 4 nitrogen and oxygen atoms in total. The van der Waals surface area contributed by atoms with Gasteiger partial charge in [0.15, 0.2) is 0 Å². The summed E-state index contributed by atoms with van der Waals surface area (Å²) in [6.07, 6.45) is 2.75. The van der Waals surface area contributed by atoms with Crippen LogP contribution in [-0.4, -0.2) is 25.0 Å². The molecule has 0 spiro atoms. The van der Waals surface area contributed by atoms with Crippen LogP contribution >= 0.6 is 22.6 Å². The van der Waals surface area contributed by atoms with E-state index in [1.165, 1.54) is 4.57 Å².